The summed E-state index contributed by atoms with van der Waals surface area (Å²) in [5.74, 6) is 1.08. The largest absolute Gasteiger partial charge is 0.499 e. The number of carbonyl (C=O) groups is 5. The van der Waals surface area contributed by atoms with Gasteiger partial charge in [0, 0.05) is 70.4 Å². The Morgan fingerprint density at radius 3 is 1.12 bits per heavy atom. The number of nitrogen functional groups attached to an aromatic ring is 1. The Kier molecular flexibility index (Phi) is 27.7. The molecule has 3 aromatic carbocycles. The van der Waals surface area contributed by atoms with Gasteiger partial charge in [-0.3, -0.25) is 4.79 Å². The molecule has 13 rings (SSSR count). The SMILES string of the molecule is Cc1ccc(Nc2nc(-c3c(C)nn4ccccc34)cc(N(C(=O)OC(C)(C)C)C(=O)OC(C)(C)C)n2)cc1.Cc1ccc(Nc2nc(Cl)cc(N(C(=O)OC(C)(C)C)C(=O)OC(C)(C)C)n2)cc1.Cc1ccc(Nc2nc(N)cc(-c3c(C)nn4ccccc34)n2)cc1.Cc1nn2ccccc2c1B1OC(C)(C)C(C)(C)O1.O=CC(F)(F)F. The van der Waals surface area contributed by atoms with Gasteiger partial charge in [-0.05, 0) is 225 Å². The highest BCUT2D eigenvalue weighted by molar-refractivity contribution is 6.65. The van der Waals surface area contributed by atoms with Gasteiger partial charge in [0.2, 0.25) is 24.1 Å². The number of imide groups is 2. The Balaban J connectivity index is 0.000000181. The molecule has 1 aliphatic heterocycles. The van der Waals surface area contributed by atoms with E-state index in [9.17, 15) is 32.3 Å². The van der Waals surface area contributed by atoms with Gasteiger partial charge in [0.05, 0.1) is 56.2 Å². The van der Waals surface area contributed by atoms with Gasteiger partial charge in [0.25, 0.3) is 0 Å². The van der Waals surface area contributed by atoms with Crippen molar-refractivity contribution in [1.29, 1.82) is 0 Å². The van der Waals surface area contributed by atoms with E-state index in [1.165, 1.54) is 11.6 Å². The van der Waals surface area contributed by atoms with Crippen molar-refractivity contribution in [3.8, 4) is 22.5 Å². The number of fused-ring (bicyclic) bond motifs is 3. The third-order valence-corrected chi connectivity index (χ3v) is 17.3. The lowest BCUT2D eigenvalue weighted by atomic mass is 9.78. The van der Waals surface area contributed by atoms with Crippen LogP contribution in [0.4, 0.5) is 84.7 Å². The number of pyridine rings is 3. The number of aldehydes is 1. The van der Waals surface area contributed by atoms with Gasteiger partial charge in [0.1, 0.15) is 33.4 Å². The van der Waals surface area contributed by atoms with Gasteiger partial charge in [0.15, 0.2) is 11.6 Å². The smallest absolute Gasteiger partial charge is 0.443 e. The molecule has 1 saturated heterocycles. The third-order valence-electron chi connectivity index (χ3n) is 17.2. The first kappa shape index (κ1) is 90.3. The van der Waals surface area contributed by atoms with Crippen molar-refractivity contribution in [2.75, 3.05) is 31.5 Å². The van der Waals surface area contributed by atoms with E-state index in [0.717, 1.165) is 83.3 Å². The summed E-state index contributed by atoms with van der Waals surface area (Å²) >= 11 is 6.14. The Hall–Kier alpha value is -12.6. The molecule has 0 spiro atoms. The predicted octanol–water partition coefficient (Wildman–Crippen LogP) is 19.1. The summed E-state index contributed by atoms with van der Waals surface area (Å²) in [6.45, 7) is 40.5. The lowest BCUT2D eigenvalue weighted by Crippen LogP contribution is -2.44. The van der Waals surface area contributed by atoms with Crippen molar-refractivity contribution < 1.29 is 65.4 Å². The van der Waals surface area contributed by atoms with Gasteiger partial charge < -0.3 is 49.9 Å². The number of amides is 4. The number of benzene rings is 3. The number of ether oxygens (including phenoxy) is 4. The number of nitrogens with one attached hydrogen (secondary N) is 3. The van der Waals surface area contributed by atoms with Gasteiger partial charge in [-0.1, -0.05) is 82.9 Å². The van der Waals surface area contributed by atoms with Gasteiger partial charge in [-0.25, -0.2) is 47.7 Å². The minimum Gasteiger partial charge on any atom is -0.443 e. The van der Waals surface area contributed by atoms with Crippen molar-refractivity contribution in [1.82, 2.24) is 58.7 Å². The summed E-state index contributed by atoms with van der Waals surface area (Å²) in [5, 5.41) is 23.1. The molecular weight excluding hydrogens is 1550 g/mol. The number of nitrogens with zero attached hydrogens (tertiary/aromatic N) is 14. The van der Waals surface area contributed by atoms with Crippen LogP contribution in [0, 0.1) is 41.5 Å². The summed E-state index contributed by atoms with van der Waals surface area (Å²) in [6, 6.07) is 45.6. The maximum atomic E-state index is 13.4. The average Bonchev–Trinajstić information content (AvgIpc) is 1.57. The van der Waals surface area contributed by atoms with Crippen LogP contribution in [0.15, 0.2) is 164 Å². The fourth-order valence-corrected chi connectivity index (χ4v) is 11.4. The summed E-state index contributed by atoms with van der Waals surface area (Å²) in [6.07, 6.45) is -3.71. The number of hydrogen-bond acceptors (Lipinski definition) is 24. The Morgan fingerprint density at radius 1 is 0.454 bits per heavy atom. The topological polar surface area (TPSA) is 339 Å². The number of rotatable bonds is 11. The van der Waals surface area contributed by atoms with Crippen LogP contribution in [-0.2, 0) is 33.1 Å². The fraction of sp³-hybridized carbons (Fsp3) is 0.341. The summed E-state index contributed by atoms with van der Waals surface area (Å²) in [4.78, 5) is 89.1. The van der Waals surface area contributed by atoms with Crippen molar-refractivity contribution in [2.45, 2.75) is 192 Å². The van der Waals surface area contributed by atoms with E-state index >= 15 is 0 Å². The van der Waals surface area contributed by atoms with E-state index in [1.807, 2.05) is 197 Å². The monoisotopic (exact) mass is 1650 g/mol. The van der Waals surface area contributed by atoms with E-state index in [2.05, 4.69) is 83.9 Å². The standard InChI is InChI=1S/C29H34N6O4.C21H27ClN4O4.C19H18N6.C14H19BN2O2.C2HF3O/c1-18-12-14-20(15-13-18)30-25-31-21(24-19(2)33-34-16-10-9-11-22(24)34)17-23(32-25)35(26(36)38-28(3,4)5)27(37)39-29(6,7)8;1-13-8-10-14(11-9-13)23-17-24-15(22)12-16(25-17)26(18(27)29-20(2,3)4)19(28)30-21(5,6)7;1-12-6-8-14(9-7-12)21-19-22-15(11-17(20)23-19)18-13(2)24-25-10-4-3-5-16(18)25;1-10-12(11-8-6-7-9-17(11)16-10)15-18-13(2,3)14(4,5)19-15;3-2(4,5)1-6/h9-17H,1-8H3,(H,30,31,32);8-12H,1-7H3,(H,23,24,25);3-11H,1-2H3,(H3,20,21,22,23);6-9H,1-5H3;1H. The Morgan fingerprint density at radius 2 is 0.765 bits per heavy atom. The molecule has 1 fully saturated rings. The van der Waals surface area contributed by atoms with Crippen molar-refractivity contribution in [3.05, 3.63) is 203 Å². The van der Waals surface area contributed by atoms with Gasteiger partial charge in [-0.15, -0.1) is 0 Å². The number of aryl methyl sites for hydroxylation is 6. The van der Waals surface area contributed by atoms with E-state index in [0.29, 0.717) is 28.1 Å². The molecule has 0 saturated carbocycles. The zero-order chi connectivity index (χ0) is 87.7. The molecule has 29 nitrogen and oxygen atoms in total. The quantitative estimate of drug-likeness (QED) is 0.0404. The van der Waals surface area contributed by atoms with E-state index in [1.54, 1.807) is 99.7 Å². The van der Waals surface area contributed by atoms with Gasteiger partial charge in [-0.2, -0.15) is 53.2 Å². The molecular formula is C85H99BClF3N18O11. The molecule has 9 aromatic heterocycles. The van der Waals surface area contributed by atoms with Crippen LogP contribution in [0.5, 0.6) is 0 Å². The first-order chi connectivity index (χ1) is 55.4. The van der Waals surface area contributed by atoms with E-state index in [4.69, 9.17) is 55.4 Å². The van der Waals surface area contributed by atoms with Crippen LogP contribution in [-0.4, -0.2) is 136 Å². The van der Waals surface area contributed by atoms with Crippen LogP contribution in [0.1, 0.15) is 145 Å². The molecule has 626 valence electrons. The van der Waals surface area contributed by atoms with Crippen LogP contribution in [0.3, 0.4) is 0 Å². The molecule has 5 N–H and O–H groups in total. The minimum atomic E-state index is -4.64. The summed E-state index contributed by atoms with van der Waals surface area (Å²) in [5.41, 5.74) is 17.0. The fourth-order valence-electron chi connectivity index (χ4n) is 11.3. The Bertz CT molecular complexity index is 5550. The second-order valence-electron chi connectivity index (χ2n) is 32.6. The van der Waals surface area contributed by atoms with Gasteiger partial charge >= 0.3 is 37.7 Å². The molecule has 0 aliphatic carbocycles. The lowest BCUT2D eigenvalue weighted by Gasteiger charge is -2.32. The molecule has 12 aromatic rings. The molecule has 34 heteroatoms. The lowest BCUT2D eigenvalue weighted by molar-refractivity contribution is -0.156. The van der Waals surface area contributed by atoms with Crippen LogP contribution in [0.25, 0.3) is 39.1 Å². The second-order valence-corrected chi connectivity index (χ2v) is 33.0. The first-order valence-electron chi connectivity index (χ1n) is 37.7. The van der Waals surface area contributed by atoms with Crippen molar-refractivity contribution >= 4 is 124 Å². The number of carbonyl (C=O) groups excluding carboxylic acids is 5. The maximum absolute atomic E-state index is 13.4. The number of hydrogen-bond donors (Lipinski definition) is 4. The van der Waals surface area contributed by atoms with E-state index < -0.39 is 59.2 Å². The molecule has 0 bridgehead atoms. The highest BCUT2D eigenvalue weighted by Gasteiger charge is 2.53. The van der Waals surface area contributed by atoms with Crippen molar-refractivity contribution in [3.63, 3.8) is 0 Å². The highest BCUT2D eigenvalue weighted by Crippen LogP contribution is 2.38. The molecule has 119 heavy (non-hydrogen) atoms. The average molecular weight is 1650 g/mol. The number of nitrogens with two attached hydrogens (primary N) is 1. The second kappa shape index (κ2) is 36.5. The normalized spacial score (nSPS) is 13.0. The summed E-state index contributed by atoms with van der Waals surface area (Å²) < 4.78 is 70.8. The van der Waals surface area contributed by atoms with Crippen LogP contribution >= 0.6 is 11.6 Å². The molecule has 10 heterocycles. The molecule has 0 unspecified atom stereocenters. The van der Waals surface area contributed by atoms with E-state index in [-0.39, 0.29) is 47.0 Å². The molecule has 4 amide bonds. The molecule has 0 atom stereocenters. The zero-order valence-corrected chi connectivity index (χ0v) is 71.3. The minimum absolute atomic E-state index is 0.00667. The maximum Gasteiger partial charge on any atom is 0.499 e. The predicted molar refractivity (Wildman–Crippen MR) is 454 cm³/mol. The third kappa shape index (κ3) is 25.0. The van der Waals surface area contributed by atoms with Crippen LogP contribution in [0.2, 0.25) is 5.15 Å². The van der Waals surface area contributed by atoms with Crippen LogP contribution < -0.4 is 36.9 Å². The number of aromatic nitrogens is 12. The first-order valence-corrected chi connectivity index (χ1v) is 38.1. The Labute approximate surface area is 693 Å². The molecule has 1 aliphatic rings. The number of halogens is 4. The highest BCUT2D eigenvalue weighted by atomic mass is 35.5. The summed E-state index contributed by atoms with van der Waals surface area (Å²) in [7, 11) is -0.357. The van der Waals surface area contributed by atoms with Crippen molar-refractivity contribution in [2.24, 2.45) is 0 Å². The molecule has 0 radical (unpaired) electrons. The number of alkyl halides is 3. The number of anilines is 9. The zero-order valence-electron chi connectivity index (χ0n) is 70.6.